The zero-order chi connectivity index (χ0) is 22.5. The number of Topliss-reactive ketones (excluding diaryl/α,β-unsaturated/α-hetero) is 1. The molecule has 0 aromatic heterocycles. The summed E-state index contributed by atoms with van der Waals surface area (Å²) in [5.41, 5.74) is 0.598. The molecule has 0 atom stereocenters. The molecule has 192 valence electrons. The first-order valence-corrected chi connectivity index (χ1v) is 16.8. The summed E-state index contributed by atoms with van der Waals surface area (Å²) in [5.74, 6) is -0.0977. The third-order valence-corrected chi connectivity index (χ3v) is 5.03. The average molecular weight is 675 g/mol. The number of hydrogen-bond donors (Lipinski definition) is 2. The van der Waals surface area contributed by atoms with E-state index < -0.39 is 16.5 Å². The quantitative estimate of drug-likeness (QED) is 0.0971. The van der Waals surface area contributed by atoms with Crippen LogP contribution in [0.4, 0.5) is 0 Å². The monoisotopic (exact) mass is 673 g/mol. The van der Waals surface area contributed by atoms with Crippen LogP contribution in [0, 0.1) is 0 Å². The number of allylic oxidation sites excluding steroid dienone is 5. The first-order valence-electron chi connectivity index (χ1n) is 11.1. The van der Waals surface area contributed by atoms with Gasteiger partial charge in [0.1, 0.15) is 0 Å². The van der Waals surface area contributed by atoms with E-state index in [0.29, 0.717) is 12.0 Å². The Morgan fingerprint density at radius 2 is 1.28 bits per heavy atom. The van der Waals surface area contributed by atoms with Crippen LogP contribution in [0.1, 0.15) is 96.8 Å². The number of carbonyl (C=O) groups excluding carboxylic acids is 2. The van der Waals surface area contributed by atoms with E-state index in [2.05, 4.69) is 19.1 Å². The number of ketones is 2. The second-order valence-electron chi connectivity index (χ2n) is 7.49. The fraction of sp³-hybridized carbons (Fsp3) is 0.667. The van der Waals surface area contributed by atoms with Gasteiger partial charge in [-0.2, -0.15) is 0 Å². The Labute approximate surface area is 212 Å². The summed E-state index contributed by atoms with van der Waals surface area (Å²) in [6.07, 6.45) is 24.4. The van der Waals surface area contributed by atoms with Crippen LogP contribution in [0.5, 0.6) is 0 Å². The number of halogens is 2. The zero-order valence-electron chi connectivity index (χ0n) is 19.9. The third kappa shape index (κ3) is 20.2. The van der Waals surface area contributed by atoms with Gasteiger partial charge in [-0.1, -0.05) is 70.4 Å². The van der Waals surface area contributed by atoms with Crippen molar-refractivity contribution in [2.75, 3.05) is 7.11 Å². The number of methoxy groups -OCH3 is 1. The van der Waals surface area contributed by atoms with Gasteiger partial charge in [-0.3, -0.25) is 9.59 Å². The fourth-order valence-corrected chi connectivity index (χ4v) is 3.36. The molecule has 0 spiro atoms. The molecule has 0 fully saturated rings. The molecule has 0 aromatic rings. The van der Waals surface area contributed by atoms with Gasteiger partial charge in [0.25, 0.3) is 0 Å². The standard InChI is InChI=1S/C24H38O3.2ClH.2H3N.Pt/c1-3-4-5-6-7-8-9-10-11-12-13-14-15-16-17-18-21-19-22(25)20-23(27-2)24(21)26;;;;;/h8-9,19-20H,3-7,10-18H2,1-2H3;2*1H;2*1H3;/q;;;;;+2/p-2/b9-8-;;;;;. The topological polar surface area (TPSA) is 113 Å². The minimum atomic E-state index is -0.472. The Kier molecular flexibility index (Phi) is 30.3. The van der Waals surface area contributed by atoms with Crippen molar-refractivity contribution in [1.82, 2.24) is 12.3 Å². The first-order chi connectivity index (χ1) is 14.6. The van der Waals surface area contributed by atoms with E-state index in [4.69, 9.17) is 23.6 Å². The van der Waals surface area contributed by atoms with Gasteiger partial charge < -0.3 is 17.0 Å². The predicted octanol–water partition coefficient (Wildman–Crippen LogP) is 8.33. The van der Waals surface area contributed by atoms with Gasteiger partial charge in [0.2, 0.25) is 5.78 Å². The molecule has 0 unspecified atom stereocenters. The van der Waals surface area contributed by atoms with Crippen molar-refractivity contribution in [2.24, 2.45) is 0 Å². The molecule has 1 aliphatic rings. The maximum atomic E-state index is 12.1. The molecule has 8 heteroatoms. The van der Waals surface area contributed by atoms with E-state index in [1.807, 2.05) is 0 Å². The molecule has 0 heterocycles. The minimum absolute atomic E-state index is 0. The summed E-state index contributed by atoms with van der Waals surface area (Å²) < 4.78 is 4.98. The van der Waals surface area contributed by atoms with Crippen molar-refractivity contribution in [3.63, 3.8) is 0 Å². The van der Waals surface area contributed by atoms with Crippen LogP contribution in [-0.4, -0.2) is 18.7 Å². The normalized spacial score (nSPS) is 13.0. The fourth-order valence-electron chi connectivity index (χ4n) is 3.36. The summed E-state index contributed by atoms with van der Waals surface area (Å²) in [6, 6.07) is 0. The Morgan fingerprint density at radius 3 is 1.78 bits per heavy atom. The Morgan fingerprint density at radius 1 is 0.812 bits per heavy atom. The van der Waals surface area contributed by atoms with E-state index in [0.717, 1.165) is 12.8 Å². The number of hydrogen-bond acceptors (Lipinski definition) is 5. The van der Waals surface area contributed by atoms with Crippen molar-refractivity contribution in [3.8, 4) is 0 Å². The third-order valence-electron chi connectivity index (χ3n) is 5.03. The van der Waals surface area contributed by atoms with Crippen molar-refractivity contribution < 1.29 is 30.8 Å². The van der Waals surface area contributed by atoms with E-state index in [1.165, 1.54) is 89.9 Å². The van der Waals surface area contributed by atoms with Crippen LogP contribution >= 0.6 is 18.8 Å². The van der Waals surface area contributed by atoms with Crippen LogP contribution in [0.3, 0.4) is 0 Å². The van der Waals surface area contributed by atoms with Gasteiger partial charge in [0, 0.05) is 11.6 Å². The van der Waals surface area contributed by atoms with E-state index in [9.17, 15) is 9.59 Å². The summed E-state index contributed by atoms with van der Waals surface area (Å²) >= 11 is -0.472. The molecule has 0 bridgehead atoms. The van der Waals surface area contributed by atoms with Crippen LogP contribution in [0.15, 0.2) is 35.6 Å². The molecule has 1 rings (SSSR count). The summed E-state index contributed by atoms with van der Waals surface area (Å²) in [5, 5.41) is 0. The van der Waals surface area contributed by atoms with E-state index >= 15 is 0 Å². The molecule has 0 saturated carbocycles. The molecule has 0 aromatic carbocycles. The Bertz CT molecular complexity index is 567. The van der Waals surface area contributed by atoms with Crippen molar-refractivity contribution >= 4 is 30.4 Å². The average Bonchev–Trinajstić information content (AvgIpc) is 2.73. The van der Waals surface area contributed by atoms with Crippen molar-refractivity contribution in [1.29, 1.82) is 0 Å². The van der Waals surface area contributed by atoms with Crippen LogP contribution < -0.4 is 12.3 Å². The van der Waals surface area contributed by atoms with Gasteiger partial charge in [-0.15, -0.1) is 0 Å². The summed E-state index contributed by atoms with van der Waals surface area (Å²) in [6.45, 7) is 2.25. The Hall–Kier alpha value is -0.452. The van der Waals surface area contributed by atoms with Gasteiger partial charge in [0.05, 0.1) is 7.11 Å². The second-order valence-corrected chi connectivity index (χ2v) is 10.8. The van der Waals surface area contributed by atoms with Gasteiger partial charge in [0.15, 0.2) is 11.5 Å². The van der Waals surface area contributed by atoms with Crippen LogP contribution in [0.25, 0.3) is 0 Å². The van der Waals surface area contributed by atoms with Crippen molar-refractivity contribution in [3.05, 3.63) is 35.6 Å². The number of unbranched alkanes of at least 4 members (excludes halogenated alkanes) is 11. The molecular formula is C24H44Cl2N2O3Pt. The SMILES string of the molecule is CCCCCC/C=C\CCCCCCCCCC1=CC(=O)C=C(OC)C1=O.N.N.[Cl][Pt][Cl]. The predicted molar refractivity (Wildman–Crippen MR) is 134 cm³/mol. The number of ether oxygens (including phenoxy) is 1. The molecule has 0 radical (unpaired) electrons. The molecule has 0 saturated heterocycles. The molecule has 32 heavy (non-hydrogen) atoms. The van der Waals surface area contributed by atoms with E-state index in [1.54, 1.807) is 0 Å². The Balaban J connectivity index is -0.00000159. The summed E-state index contributed by atoms with van der Waals surface area (Å²) in [4.78, 5) is 23.6. The van der Waals surface area contributed by atoms with Gasteiger partial charge in [-0.25, -0.2) is 0 Å². The summed E-state index contributed by atoms with van der Waals surface area (Å²) in [7, 11) is 11.2. The molecule has 0 amide bonds. The van der Waals surface area contributed by atoms with Crippen LogP contribution in [0.2, 0.25) is 0 Å². The van der Waals surface area contributed by atoms with E-state index in [-0.39, 0.29) is 29.6 Å². The van der Waals surface area contributed by atoms with Crippen LogP contribution in [-0.2, 0) is 30.8 Å². The zero-order valence-corrected chi connectivity index (χ0v) is 23.7. The van der Waals surface area contributed by atoms with Gasteiger partial charge in [-0.05, 0) is 44.6 Å². The molecule has 6 N–H and O–H groups in total. The molecule has 5 nitrogen and oxygen atoms in total. The molecular weight excluding hydrogens is 630 g/mol. The molecule has 0 aliphatic heterocycles. The first kappa shape index (κ1) is 36.1. The van der Waals surface area contributed by atoms with Gasteiger partial charge >= 0.3 is 35.3 Å². The number of rotatable bonds is 16. The number of carbonyl (C=O) groups is 2. The maximum absolute atomic E-state index is 12.1. The molecule has 1 aliphatic carbocycles. The second kappa shape index (κ2) is 26.8. The van der Waals surface area contributed by atoms with Crippen molar-refractivity contribution in [2.45, 2.75) is 96.8 Å².